The SMILES string of the molecule is BrCCO[C@@H]1OCCO[C@@H]1OCCBr. The first-order valence-electron chi connectivity index (χ1n) is 4.47. The maximum absolute atomic E-state index is 5.41. The Morgan fingerprint density at radius 3 is 1.71 bits per heavy atom. The van der Waals surface area contributed by atoms with Crippen LogP contribution in [-0.2, 0) is 18.9 Å². The maximum atomic E-state index is 5.41. The van der Waals surface area contributed by atoms with Crippen molar-refractivity contribution < 1.29 is 18.9 Å². The first kappa shape index (κ1) is 12.9. The van der Waals surface area contributed by atoms with Gasteiger partial charge in [-0.05, 0) is 0 Å². The molecule has 14 heavy (non-hydrogen) atoms. The molecule has 1 rings (SSSR count). The van der Waals surface area contributed by atoms with E-state index < -0.39 is 12.6 Å². The number of hydrogen-bond acceptors (Lipinski definition) is 4. The van der Waals surface area contributed by atoms with Crippen LogP contribution in [-0.4, -0.2) is 49.7 Å². The van der Waals surface area contributed by atoms with Gasteiger partial charge in [0.05, 0.1) is 26.4 Å². The van der Waals surface area contributed by atoms with E-state index in [0.717, 1.165) is 10.7 Å². The zero-order chi connectivity index (χ0) is 10.2. The molecular formula is C8H14Br2O4. The van der Waals surface area contributed by atoms with Crippen molar-refractivity contribution in [2.45, 2.75) is 12.6 Å². The topological polar surface area (TPSA) is 36.9 Å². The molecule has 4 nitrogen and oxygen atoms in total. The maximum Gasteiger partial charge on any atom is 0.209 e. The highest BCUT2D eigenvalue weighted by atomic mass is 79.9. The number of alkyl halides is 2. The van der Waals surface area contributed by atoms with E-state index in [2.05, 4.69) is 31.9 Å². The molecule has 1 saturated heterocycles. The van der Waals surface area contributed by atoms with Crippen LogP contribution in [0.3, 0.4) is 0 Å². The molecule has 1 aliphatic heterocycles. The molecule has 0 aromatic heterocycles. The van der Waals surface area contributed by atoms with E-state index in [4.69, 9.17) is 18.9 Å². The van der Waals surface area contributed by atoms with Crippen molar-refractivity contribution in [3.05, 3.63) is 0 Å². The van der Waals surface area contributed by atoms with Gasteiger partial charge in [0.25, 0.3) is 0 Å². The van der Waals surface area contributed by atoms with Gasteiger partial charge in [-0.1, -0.05) is 31.9 Å². The average molecular weight is 334 g/mol. The molecule has 0 aromatic carbocycles. The molecule has 0 bridgehead atoms. The van der Waals surface area contributed by atoms with Crippen molar-refractivity contribution in [1.29, 1.82) is 0 Å². The fourth-order valence-electron chi connectivity index (χ4n) is 1.06. The highest BCUT2D eigenvalue weighted by Crippen LogP contribution is 2.13. The zero-order valence-electron chi connectivity index (χ0n) is 7.79. The van der Waals surface area contributed by atoms with E-state index in [9.17, 15) is 0 Å². The van der Waals surface area contributed by atoms with Crippen LogP contribution < -0.4 is 0 Å². The standard InChI is InChI=1S/C8H14Br2O4/c9-1-3-11-7-8(12-4-2-10)14-6-5-13-7/h7-8H,1-6H2/t7-,8+. The number of ether oxygens (including phenoxy) is 4. The van der Waals surface area contributed by atoms with Crippen LogP contribution in [0.2, 0.25) is 0 Å². The summed E-state index contributed by atoms with van der Waals surface area (Å²) in [6, 6.07) is 0. The fraction of sp³-hybridized carbons (Fsp3) is 1.00. The van der Waals surface area contributed by atoms with Gasteiger partial charge in [0.15, 0.2) is 0 Å². The lowest BCUT2D eigenvalue weighted by molar-refractivity contribution is -0.317. The summed E-state index contributed by atoms with van der Waals surface area (Å²) >= 11 is 6.56. The van der Waals surface area contributed by atoms with Gasteiger partial charge in [0.2, 0.25) is 12.6 Å². The van der Waals surface area contributed by atoms with E-state index >= 15 is 0 Å². The average Bonchev–Trinajstić information content (AvgIpc) is 2.24. The molecule has 1 heterocycles. The molecule has 0 amide bonds. The normalized spacial score (nSPS) is 27.9. The predicted octanol–water partition coefficient (Wildman–Crippen LogP) is 1.51. The van der Waals surface area contributed by atoms with E-state index in [1.807, 2.05) is 0 Å². The van der Waals surface area contributed by atoms with Crippen LogP contribution in [0.1, 0.15) is 0 Å². The second-order valence-corrected chi connectivity index (χ2v) is 4.18. The van der Waals surface area contributed by atoms with Gasteiger partial charge in [-0.15, -0.1) is 0 Å². The Kier molecular flexibility index (Phi) is 7.36. The highest BCUT2D eigenvalue weighted by molar-refractivity contribution is 9.09. The van der Waals surface area contributed by atoms with Crippen molar-refractivity contribution in [3.8, 4) is 0 Å². The molecule has 84 valence electrons. The lowest BCUT2D eigenvalue weighted by Gasteiger charge is -2.31. The van der Waals surface area contributed by atoms with Crippen molar-refractivity contribution in [2.75, 3.05) is 37.1 Å². The van der Waals surface area contributed by atoms with Gasteiger partial charge >= 0.3 is 0 Å². The summed E-state index contributed by atoms with van der Waals surface area (Å²) in [6.45, 7) is 2.28. The van der Waals surface area contributed by atoms with Gasteiger partial charge in [0, 0.05) is 10.7 Å². The Morgan fingerprint density at radius 1 is 0.929 bits per heavy atom. The fourth-order valence-corrected chi connectivity index (χ4v) is 1.43. The molecule has 0 aliphatic carbocycles. The zero-order valence-corrected chi connectivity index (χ0v) is 11.0. The quantitative estimate of drug-likeness (QED) is 0.690. The van der Waals surface area contributed by atoms with Crippen LogP contribution in [0.4, 0.5) is 0 Å². The van der Waals surface area contributed by atoms with Crippen LogP contribution in [0.25, 0.3) is 0 Å². The molecule has 0 aromatic rings. The molecule has 6 heteroatoms. The van der Waals surface area contributed by atoms with Gasteiger partial charge in [-0.2, -0.15) is 0 Å². The molecule has 0 saturated carbocycles. The minimum atomic E-state index is -0.402. The molecule has 1 aliphatic rings. The smallest absolute Gasteiger partial charge is 0.209 e. The van der Waals surface area contributed by atoms with Gasteiger partial charge in [0.1, 0.15) is 0 Å². The summed E-state index contributed by atoms with van der Waals surface area (Å²) in [6.07, 6.45) is -0.805. The Balaban J connectivity index is 2.26. The van der Waals surface area contributed by atoms with Crippen LogP contribution in [0.15, 0.2) is 0 Å². The summed E-state index contributed by atoms with van der Waals surface area (Å²) < 4.78 is 21.6. The number of rotatable bonds is 6. The third-order valence-corrected chi connectivity index (χ3v) is 2.24. The van der Waals surface area contributed by atoms with Crippen LogP contribution >= 0.6 is 31.9 Å². The summed E-state index contributed by atoms with van der Waals surface area (Å²) in [5, 5.41) is 1.55. The largest absolute Gasteiger partial charge is 0.347 e. The van der Waals surface area contributed by atoms with Crippen molar-refractivity contribution >= 4 is 31.9 Å². The summed E-state index contributed by atoms with van der Waals surface area (Å²) in [7, 11) is 0. The summed E-state index contributed by atoms with van der Waals surface area (Å²) in [5.74, 6) is 0. The molecule has 0 radical (unpaired) electrons. The first-order chi connectivity index (χ1) is 6.88. The van der Waals surface area contributed by atoms with Crippen LogP contribution in [0, 0.1) is 0 Å². The van der Waals surface area contributed by atoms with Crippen molar-refractivity contribution in [3.63, 3.8) is 0 Å². The summed E-state index contributed by atoms with van der Waals surface area (Å²) in [5.41, 5.74) is 0. The van der Waals surface area contributed by atoms with Crippen molar-refractivity contribution in [2.24, 2.45) is 0 Å². The van der Waals surface area contributed by atoms with Gasteiger partial charge in [-0.3, -0.25) is 0 Å². The lowest BCUT2D eigenvalue weighted by Crippen LogP contribution is -2.42. The number of halogens is 2. The second kappa shape index (κ2) is 8.01. The Morgan fingerprint density at radius 2 is 1.36 bits per heavy atom. The van der Waals surface area contributed by atoms with Gasteiger partial charge < -0.3 is 18.9 Å². The highest BCUT2D eigenvalue weighted by Gasteiger charge is 2.28. The third kappa shape index (κ3) is 4.55. The minimum absolute atomic E-state index is 0.402. The molecule has 0 unspecified atom stereocenters. The molecule has 1 fully saturated rings. The van der Waals surface area contributed by atoms with E-state index in [1.54, 1.807) is 0 Å². The lowest BCUT2D eigenvalue weighted by atomic mass is 10.5. The predicted molar refractivity (Wildman–Crippen MR) is 59.0 cm³/mol. The third-order valence-electron chi connectivity index (χ3n) is 1.59. The monoisotopic (exact) mass is 332 g/mol. The van der Waals surface area contributed by atoms with Crippen molar-refractivity contribution in [1.82, 2.24) is 0 Å². The second-order valence-electron chi connectivity index (χ2n) is 2.60. The number of hydrogen-bond donors (Lipinski definition) is 0. The molecule has 0 spiro atoms. The van der Waals surface area contributed by atoms with E-state index in [0.29, 0.717) is 26.4 Å². The Labute approximate surface area is 100 Å². The Bertz CT molecular complexity index is 131. The molecular weight excluding hydrogens is 320 g/mol. The summed E-state index contributed by atoms with van der Waals surface area (Å²) in [4.78, 5) is 0. The van der Waals surface area contributed by atoms with Crippen LogP contribution in [0.5, 0.6) is 0 Å². The first-order valence-corrected chi connectivity index (χ1v) is 6.71. The minimum Gasteiger partial charge on any atom is -0.347 e. The van der Waals surface area contributed by atoms with E-state index in [1.165, 1.54) is 0 Å². The van der Waals surface area contributed by atoms with Gasteiger partial charge in [-0.25, -0.2) is 0 Å². The van der Waals surface area contributed by atoms with E-state index in [-0.39, 0.29) is 0 Å². The molecule has 0 N–H and O–H groups in total. The molecule has 2 atom stereocenters. The Hall–Kier alpha value is 0.800.